The zero-order chi connectivity index (χ0) is 16.7. The molecule has 1 unspecified atom stereocenters. The molecule has 0 fully saturated rings. The van der Waals surface area contributed by atoms with Gasteiger partial charge in [-0.1, -0.05) is 0 Å². The summed E-state index contributed by atoms with van der Waals surface area (Å²) < 4.78 is 16.4. The zero-order valence-corrected chi connectivity index (χ0v) is 15.4. The molecule has 1 amide bonds. The topological polar surface area (TPSA) is 58.6 Å². The second-order valence-electron chi connectivity index (χ2n) is 7.18. The fourth-order valence-corrected chi connectivity index (χ4v) is 2.28. The number of carbonyl (C=O) groups excluding carboxylic acids is 1. The van der Waals surface area contributed by atoms with E-state index in [1.54, 1.807) is 11.2 Å². The van der Waals surface area contributed by atoms with E-state index < -0.39 is 16.4 Å². The Morgan fingerprint density at radius 2 is 1.71 bits per heavy atom. The van der Waals surface area contributed by atoms with Crippen molar-refractivity contribution in [1.29, 1.82) is 0 Å². The molecule has 1 atom stereocenters. The maximum atomic E-state index is 12.3. The third-order valence-electron chi connectivity index (χ3n) is 2.72. The van der Waals surface area contributed by atoms with E-state index >= 15 is 0 Å². The van der Waals surface area contributed by atoms with Crippen molar-refractivity contribution in [2.75, 3.05) is 31.6 Å². The Bertz CT molecular complexity index is 346. The highest BCUT2D eigenvalue weighted by atomic mass is 32.2. The lowest BCUT2D eigenvalue weighted by molar-refractivity contribution is 0.00666. The minimum absolute atomic E-state index is 0.283. The van der Waals surface area contributed by atoms with Crippen molar-refractivity contribution >= 4 is 16.9 Å². The maximum Gasteiger partial charge on any atom is 0.410 e. The Labute approximate surface area is 132 Å². The first-order chi connectivity index (χ1) is 9.43. The van der Waals surface area contributed by atoms with Gasteiger partial charge >= 0.3 is 6.09 Å². The molecule has 0 saturated heterocycles. The normalized spacial score (nSPS) is 13.9. The van der Waals surface area contributed by atoms with Gasteiger partial charge in [-0.2, -0.15) is 0 Å². The molecule has 0 aromatic rings. The molecule has 0 saturated carbocycles. The van der Waals surface area contributed by atoms with Gasteiger partial charge in [-0.05, 0) is 54.5 Å². The van der Waals surface area contributed by atoms with E-state index in [0.717, 1.165) is 13.0 Å². The van der Waals surface area contributed by atoms with Crippen LogP contribution in [0, 0.1) is 0 Å². The van der Waals surface area contributed by atoms with Crippen LogP contribution in [0.15, 0.2) is 0 Å². The Balaban J connectivity index is 4.27. The van der Waals surface area contributed by atoms with Gasteiger partial charge in [-0.3, -0.25) is 4.21 Å². The Morgan fingerprint density at radius 1 is 1.14 bits per heavy atom. The summed E-state index contributed by atoms with van der Waals surface area (Å²) in [5.41, 5.74) is -0.770. The Morgan fingerprint density at radius 3 is 2.14 bits per heavy atom. The third-order valence-corrected chi connectivity index (χ3v) is 3.58. The first-order valence-electron chi connectivity index (χ1n) is 7.45. The first-order valence-corrected chi connectivity index (χ1v) is 9.17. The van der Waals surface area contributed by atoms with E-state index in [2.05, 4.69) is 5.32 Å². The average Bonchev–Trinajstić information content (AvgIpc) is 2.22. The van der Waals surface area contributed by atoms with Gasteiger partial charge in [0.25, 0.3) is 0 Å². The number of nitrogens with zero attached hydrogens (tertiary/aromatic N) is 1. The van der Waals surface area contributed by atoms with Gasteiger partial charge in [0.2, 0.25) is 0 Å². The lowest BCUT2D eigenvalue weighted by atomic mass is 10.1. The van der Waals surface area contributed by atoms with E-state index in [9.17, 15) is 9.00 Å². The summed E-state index contributed by atoms with van der Waals surface area (Å²) in [6, 6.07) is 0. The smallest absolute Gasteiger partial charge is 0.410 e. The van der Waals surface area contributed by atoms with Crippen LogP contribution in [0.1, 0.15) is 48.0 Å². The van der Waals surface area contributed by atoms with E-state index in [1.807, 2.05) is 41.5 Å². The predicted octanol–water partition coefficient (Wildman–Crippen LogP) is 2.38. The number of nitrogens with one attached hydrogen (secondary N) is 1. The lowest BCUT2D eigenvalue weighted by Gasteiger charge is -2.36. The van der Waals surface area contributed by atoms with Crippen molar-refractivity contribution in [2.45, 2.75) is 59.1 Å². The van der Waals surface area contributed by atoms with Gasteiger partial charge in [-0.25, -0.2) is 4.79 Å². The monoisotopic (exact) mass is 320 g/mol. The summed E-state index contributed by atoms with van der Waals surface area (Å²) in [5, 5.41) is 3.28. The average molecular weight is 320 g/mol. The summed E-state index contributed by atoms with van der Waals surface area (Å²) >= 11 is 0. The van der Waals surface area contributed by atoms with Crippen molar-refractivity contribution in [3.05, 3.63) is 0 Å². The van der Waals surface area contributed by atoms with Crippen LogP contribution >= 0.6 is 0 Å². The van der Waals surface area contributed by atoms with Gasteiger partial charge in [0.05, 0.1) is 0 Å². The molecule has 126 valence electrons. The number of hydrogen-bond donors (Lipinski definition) is 1. The van der Waals surface area contributed by atoms with Gasteiger partial charge in [0.1, 0.15) is 5.60 Å². The van der Waals surface area contributed by atoms with Crippen LogP contribution in [0.5, 0.6) is 0 Å². The van der Waals surface area contributed by atoms with Crippen LogP contribution in [0.2, 0.25) is 0 Å². The summed E-state index contributed by atoms with van der Waals surface area (Å²) in [5.74, 6) is 0.710. The van der Waals surface area contributed by atoms with Gasteiger partial charge in [0.15, 0.2) is 0 Å². The Hall–Kier alpha value is -0.620. The van der Waals surface area contributed by atoms with Gasteiger partial charge in [-0.15, -0.1) is 0 Å². The zero-order valence-electron chi connectivity index (χ0n) is 14.6. The van der Waals surface area contributed by atoms with Gasteiger partial charge in [0, 0.05) is 41.4 Å². The summed E-state index contributed by atoms with van der Waals surface area (Å²) in [4.78, 5) is 14.0. The van der Waals surface area contributed by atoms with E-state index in [-0.39, 0.29) is 11.6 Å². The van der Waals surface area contributed by atoms with Crippen LogP contribution in [0.4, 0.5) is 4.79 Å². The minimum Gasteiger partial charge on any atom is -0.444 e. The SMILES string of the molecule is CS(=O)CCCNCCN(C(=O)OC(C)(C)C)C(C)(C)C. The predicted molar refractivity (Wildman–Crippen MR) is 89.1 cm³/mol. The summed E-state index contributed by atoms with van der Waals surface area (Å²) in [7, 11) is -0.737. The van der Waals surface area contributed by atoms with E-state index in [1.165, 1.54) is 0 Å². The Kier molecular flexibility index (Phi) is 8.48. The molecule has 0 rings (SSSR count). The maximum absolute atomic E-state index is 12.3. The van der Waals surface area contributed by atoms with Crippen molar-refractivity contribution in [3.8, 4) is 0 Å². The number of hydrogen-bond acceptors (Lipinski definition) is 4. The molecule has 5 nitrogen and oxygen atoms in total. The lowest BCUT2D eigenvalue weighted by Crippen LogP contribution is -2.50. The fourth-order valence-electron chi connectivity index (χ4n) is 1.73. The molecule has 0 aliphatic carbocycles. The highest BCUT2D eigenvalue weighted by Gasteiger charge is 2.30. The van der Waals surface area contributed by atoms with Crippen molar-refractivity contribution in [3.63, 3.8) is 0 Å². The number of amides is 1. The fraction of sp³-hybridized carbons (Fsp3) is 0.933. The van der Waals surface area contributed by atoms with E-state index in [0.29, 0.717) is 18.8 Å². The van der Waals surface area contributed by atoms with Crippen LogP contribution in [-0.4, -0.2) is 58.0 Å². The molecule has 0 heterocycles. The molecule has 0 aromatic carbocycles. The molecule has 0 spiro atoms. The minimum atomic E-state index is -0.737. The number of ether oxygens (including phenoxy) is 1. The molecule has 1 N–H and O–H groups in total. The summed E-state index contributed by atoms with van der Waals surface area (Å²) in [6.45, 7) is 13.7. The van der Waals surface area contributed by atoms with Crippen LogP contribution < -0.4 is 5.32 Å². The standard InChI is InChI=1S/C15H32N2O3S/c1-14(2,3)17(13(18)20-15(4,5)6)11-10-16-9-8-12-21(7)19/h16H,8-12H2,1-7H3. The molecular weight excluding hydrogens is 288 g/mol. The van der Waals surface area contributed by atoms with Crippen molar-refractivity contribution in [2.24, 2.45) is 0 Å². The number of carbonyl (C=O) groups is 1. The second kappa shape index (κ2) is 8.73. The quantitative estimate of drug-likeness (QED) is 0.732. The highest BCUT2D eigenvalue weighted by Crippen LogP contribution is 2.17. The molecule has 0 aromatic heterocycles. The van der Waals surface area contributed by atoms with Crippen molar-refractivity contribution < 1.29 is 13.7 Å². The molecule has 21 heavy (non-hydrogen) atoms. The summed E-state index contributed by atoms with van der Waals surface area (Å²) in [6.07, 6.45) is 2.31. The van der Waals surface area contributed by atoms with Gasteiger partial charge < -0.3 is 15.0 Å². The molecule has 0 aliphatic rings. The van der Waals surface area contributed by atoms with E-state index in [4.69, 9.17) is 4.74 Å². The second-order valence-corrected chi connectivity index (χ2v) is 8.74. The van der Waals surface area contributed by atoms with Crippen LogP contribution in [-0.2, 0) is 15.5 Å². The number of rotatable bonds is 7. The van der Waals surface area contributed by atoms with Crippen LogP contribution in [0.25, 0.3) is 0 Å². The first kappa shape index (κ1) is 20.4. The third kappa shape index (κ3) is 10.7. The molecule has 6 heteroatoms. The largest absolute Gasteiger partial charge is 0.444 e. The van der Waals surface area contributed by atoms with Crippen molar-refractivity contribution in [1.82, 2.24) is 10.2 Å². The molecular formula is C15H32N2O3S. The highest BCUT2D eigenvalue weighted by molar-refractivity contribution is 7.84. The molecule has 0 bridgehead atoms. The van der Waals surface area contributed by atoms with Crippen LogP contribution in [0.3, 0.4) is 0 Å². The molecule has 0 radical (unpaired) electrons. The molecule has 0 aliphatic heterocycles.